The molecule has 1 rings (SSSR count). The highest BCUT2D eigenvalue weighted by molar-refractivity contribution is 5.26. The van der Waals surface area contributed by atoms with Gasteiger partial charge in [0.15, 0.2) is 0 Å². The zero-order chi connectivity index (χ0) is 11.1. The lowest BCUT2D eigenvalue weighted by Crippen LogP contribution is -2.40. The normalized spacial score (nSPS) is 14.9. The summed E-state index contributed by atoms with van der Waals surface area (Å²) < 4.78 is 5.21. The molecule has 0 bridgehead atoms. The van der Waals surface area contributed by atoms with Crippen LogP contribution in [0.25, 0.3) is 0 Å². The van der Waals surface area contributed by atoms with Gasteiger partial charge in [-0.05, 0) is 12.0 Å². The van der Waals surface area contributed by atoms with Gasteiger partial charge in [-0.25, -0.2) is 0 Å². The van der Waals surface area contributed by atoms with Gasteiger partial charge in [0.2, 0.25) is 0 Å². The predicted octanol–water partition coefficient (Wildman–Crippen LogP) is 0.912. The minimum atomic E-state index is -0.259. The van der Waals surface area contributed by atoms with E-state index < -0.39 is 0 Å². The molecule has 0 spiro atoms. The quantitative estimate of drug-likeness (QED) is 0.732. The monoisotopic (exact) mass is 209 g/mol. The van der Waals surface area contributed by atoms with Crippen molar-refractivity contribution in [3.63, 3.8) is 0 Å². The van der Waals surface area contributed by atoms with Gasteiger partial charge in [0, 0.05) is 25.7 Å². The molecule has 0 heterocycles. The Morgan fingerprint density at radius 2 is 2.00 bits per heavy atom. The first kappa shape index (κ1) is 12.2. The minimum absolute atomic E-state index is 0.120. The van der Waals surface area contributed by atoms with E-state index in [1.54, 1.807) is 7.11 Å². The van der Waals surface area contributed by atoms with Gasteiger partial charge in [-0.3, -0.25) is 0 Å². The van der Waals surface area contributed by atoms with E-state index in [4.69, 9.17) is 15.6 Å². The van der Waals surface area contributed by atoms with Crippen LogP contribution in [0.2, 0.25) is 0 Å². The van der Waals surface area contributed by atoms with Crippen LogP contribution in [-0.4, -0.2) is 32.0 Å². The van der Waals surface area contributed by atoms with Crippen LogP contribution in [0.15, 0.2) is 30.3 Å². The number of ether oxygens (including phenoxy) is 1. The van der Waals surface area contributed by atoms with Gasteiger partial charge < -0.3 is 15.6 Å². The van der Waals surface area contributed by atoms with Crippen LogP contribution in [0.3, 0.4) is 0 Å². The van der Waals surface area contributed by atoms with E-state index in [1.165, 1.54) is 0 Å². The SMILES string of the molecule is COCC(CN)(CCO)c1ccccc1. The van der Waals surface area contributed by atoms with E-state index >= 15 is 0 Å². The van der Waals surface area contributed by atoms with E-state index in [0.717, 1.165) is 5.56 Å². The number of hydrogen-bond donors (Lipinski definition) is 2. The zero-order valence-corrected chi connectivity index (χ0v) is 9.15. The van der Waals surface area contributed by atoms with Gasteiger partial charge in [-0.1, -0.05) is 30.3 Å². The van der Waals surface area contributed by atoms with Crippen molar-refractivity contribution in [2.45, 2.75) is 11.8 Å². The molecule has 3 nitrogen and oxygen atoms in total. The Balaban J connectivity index is 2.97. The number of nitrogens with two attached hydrogens (primary N) is 1. The molecule has 3 heteroatoms. The highest BCUT2D eigenvalue weighted by Crippen LogP contribution is 2.27. The largest absolute Gasteiger partial charge is 0.396 e. The maximum Gasteiger partial charge on any atom is 0.0572 e. The molecule has 0 saturated carbocycles. The average Bonchev–Trinajstić information content (AvgIpc) is 2.30. The van der Waals surface area contributed by atoms with Gasteiger partial charge in [-0.15, -0.1) is 0 Å². The third kappa shape index (κ3) is 2.78. The van der Waals surface area contributed by atoms with Crippen LogP contribution in [0, 0.1) is 0 Å². The van der Waals surface area contributed by atoms with Crippen LogP contribution in [0.4, 0.5) is 0 Å². The van der Waals surface area contributed by atoms with Gasteiger partial charge in [0.1, 0.15) is 0 Å². The highest BCUT2D eigenvalue weighted by atomic mass is 16.5. The molecular formula is C12H19NO2. The van der Waals surface area contributed by atoms with Crippen molar-refractivity contribution in [3.05, 3.63) is 35.9 Å². The van der Waals surface area contributed by atoms with Crippen molar-refractivity contribution < 1.29 is 9.84 Å². The first-order valence-electron chi connectivity index (χ1n) is 5.14. The summed E-state index contributed by atoms with van der Waals surface area (Å²) in [6.45, 7) is 1.13. The molecule has 1 unspecified atom stereocenters. The Hall–Kier alpha value is -0.900. The van der Waals surface area contributed by atoms with E-state index in [1.807, 2.05) is 30.3 Å². The zero-order valence-electron chi connectivity index (χ0n) is 9.15. The van der Waals surface area contributed by atoms with Crippen molar-refractivity contribution in [2.75, 3.05) is 26.9 Å². The Labute approximate surface area is 90.9 Å². The summed E-state index contributed by atoms with van der Waals surface area (Å²) >= 11 is 0. The van der Waals surface area contributed by atoms with Crippen molar-refractivity contribution in [1.29, 1.82) is 0 Å². The van der Waals surface area contributed by atoms with Crippen molar-refractivity contribution in [1.82, 2.24) is 0 Å². The summed E-state index contributed by atoms with van der Waals surface area (Å²) in [6.07, 6.45) is 0.626. The van der Waals surface area contributed by atoms with Gasteiger partial charge in [-0.2, -0.15) is 0 Å². The Morgan fingerprint density at radius 3 is 2.47 bits per heavy atom. The molecule has 1 aromatic rings. The molecule has 0 aliphatic rings. The summed E-state index contributed by atoms with van der Waals surface area (Å²) in [5.74, 6) is 0. The third-order valence-corrected chi connectivity index (χ3v) is 2.79. The number of aliphatic hydroxyl groups excluding tert-OH is 1. The molecular weight excluding hydrogens is 190 g/mol. The van der Waals surface area contributed by atoms with E-state index in [-0.39, 0.29) is 12.0 Å². The van der Waals surface area contributed by atoms with Crippen LogP contribution in [0.5, 0.6) is 0 Å². The maximum absolute atomic E-state index is 9.11. The van der Waals surface area contributed by atoms with E-state index in [0.29, 0.717) is 19.6 Å². The Kier molecular flexibility index (Phi) is 4.75. The summed E-state index contributed by atoms with van der Waals surface area (Å²) in [4.78, 5) is 0. The second-order valence-electron chi connectivity index (χ2n) is 3.76. The van der Waals surface area contributed by atoms with Crippen LogP contribution in [0.1, 0.15) is 12.0 Å². The maximum atomic E-state index is 9.11. The summed E-state index contributed by atoms with van der Waals surface area (Å²) in [5.41, 5.74) is 6.69. The molecule has 15 heavy (non-hydrogen) atoms. The number of hydrogen-bond acceptors (Lipinski definition) is 3. The number of benzene rings is 1. The smallest absolute Gasteiger partial charge is 0.0572 e. The van der Waals surface area contributed by atoms with Gasteiger partial charge in [0.05, 0.1) is 6.61 Å². The van der Waals surface area contributed by atoms with Crippen LogP contribution in [-0.2, 0) is 10.2 Å². The van der Waals surface area contributed by atoms with Crippen molar-refractivity contribution in [3.8, 4) is 0 Å². The fourth-order valence-electron chi connectivity index (χ4n) is 1.86. The number of aliphatic hydroxyl groups is 1. The molecule has 3 N–H and O–H groups in total. The standard InChI is InChI=1S/C12H19NO2/c1-15-10-12(9-13,7-8-14)11-5-3-2-4-6-11/h2-6,14H,7-10,13H2,1H3. The number of rotatable bonds is 6. The van der Waals surface area contributed by atoms with Crippen LogP contribution < -0.4 is 5.73 Å². The fraction of sp³-hybridized carbons (Fsp3) is 0.500. The molecule has 0 aliphatic heterocycles. The molecule has 0 aromatic heterocycles. The van der Waals surface area contributed by atoms with Crippen LogP contribution >= 0.6 is 0 Å². The lowest BCUT2D eigenvalue weighted by Gasteiger charge is -2.31. The molecule has 0 saturated heterocycles. The summed E-state index contributed by atoms with van der Waals surface area (Å²) in [7, 11) is 1.66. The topological polar surface area (TPSA) is 55.5 Å². The first-order valence-corrected chi connectivity index (χ1v) is 5.14. The predicted molar refractivity (Wildman–Crippen MR) is 60.8 cm³/mol. The van der Waals surface area contributed by atoms with Crippen molar-refractivity contribution in [2.24, 2.45) is 5.73 Å². The molecule has 0 amide bonds. The average molecular weight is 209 g/mol. The van der Waals surface area contributed by atoms with Gasteiger partial charge in [0.25, 0.3) is 0 Å². The molecule has 84 valence electrons. The first-order chi connectivity index (χ1) is 7.29. The molecule has 1 atom stereocenters. The summed E-state index contributed by atoms with van der Waals surface area (Å²) in [5, 5.41) is 9.11. The van der Waals surface area contributed by atoms with Crippen molar-refractivity contribution >= 4 is 0 Å². The number of methoxy groups -OCH3 is 1. The lowest BCUT2D eigenvalue weighted by molar-refractivity contribution is 0.111. The van der Waals surface area contributed by atoms with E-state index in [2.05, 4.69) is 0 Å². The highest BCUT2D eigenvalue weighted by Gasteiger charge is 2.30. The second kappa shape index (κ2) is 5.85. The fourth-order valence-corrected chi connectivity index (χ4v) is 1.86. The molecule has 0 radical (unpaired) electrons. The Bertz CT molecular complexity index is 268. The second-order valence-corrected chi connectivity index (χ2v) is 3.76. The Morgan fingerprint density at radius 1 is 1.33 bits per heavy atom. The minimum Gasteiger partial charge on any atom is -0.396 e. The van der Waals surface area contributed by atoms with E-state index in [9.17, 15) is 0 Å². The molecule has 0 fully saturated rings. The molecule has 0 aliphatic carbocycles. The third-order valence-electron chi connectivity index (χ3n) is 2.79. The lowest BCUT2D eigenvalue weighted by atomic mass is 9.78. The summed E-state index contributed by atoms with van der Waals surface area (Å²) in [6, 6.07) is 9.99. The van der Waals surface area contributed by atoms with Gasteiger partial charge >= 0.3 is 0 Å². The molecule has 1 aromatic carbocycles.